The lowest BCUT2D eigenvalue weighted by atomic mass is 10.0. The highest BCUT2D eigenvalue weighted by Gasteiger charge is 2.24. The molecule has 0 amide bonds. The number of nitrogens with one attached hydrogen (secondary N) is 2. The second kappa shape index (κ2) is 4.41. The molecule has 1 aliphatic rings. The fourth-order valence-electron chi connectivity index (χ4n) is 2.48. The van der Waals surface area contributed by atoms with Gasteiger partial charge in [0.05, 0.1) is 5.69 Å². The first-order valence-electron chi connectivity index (χ1n) is 6.14. The van der Waals surface area contributed by atoms with E-state index in [1.807, 2.05) is 24.3 Å². The van der Waals surface area contributed by atoms with Crippen LogP contribution in [0, 0.1) is 0 Å². The second-order valence-corrected chi connectivity index (χ2v) is 4.56. The number of carboxylic acids is 1. The van der Waals surface area contributed by atoms with Crippen molar-refractivity contribution in [1.82, 2.24) is 4.98 Å². The highest BCUT2D eigenvalue weighted by molar-refractivity contribution is 5.92. The van der Waals surface area contributed by atoms with Crippen LogP contribution in [0.2, 0.25) is 0 Å². The number of aromatic carboxylic acids is 1. The van der Waals surface area contributed by atoms with Crippen LogP contribution in [0.1, 0.15) is 15.9 Å². The highest BCUT2D eigenvalue weighted by atomic mass is 16.4. The number of carbonyl (C=O) groups is 1. The molecule has 20 heavy (non-hydrogen) atoms. The van der Waals surface area contributed by atoms with Crippen LogP contribution < -0.4 is 10.9 Å². The van der Waals surface area contributed by atoms with Crippen molar-refractivity contribution in [3.05, 3.63) is 45.7 Å². The number of carboxylic acid groups (broad SMARTS) is 1. The first-order valence-corrected chi connectivity index (χ1v) is 6.14. The summed E-state index contributed by atoms with van der Waals surface area (Å²) in [6.45, 7) is 0.544. The summed E-state index contributed by atoms with van der Waals surface area (Å²) in [5.41, 5.74) is 1.08. The number of aromatic hydroxyl groups is 1. The van der Waals surface area contributed by atoms with Gasteiger partial charge in [0.1, 0.15) is 5.75 Å². The third kappa shape index (κ3) is 1.73. The molecule has 0 radical (unpaired) electrons. The van der Waals surface area contributed by atoms with Gasteiger partial charge in [-0.15, -0.1) is 0 Å². The predicted octanol–water partition coefficient (Wildman–Crippen LogP) is 1.41. The average molecular weight is 272 g/mol. The lowest BCUT2D eigenvalue weighted by molar-refractivity contribution is 0.0691. The number of aromatic amines is 1. The number of para-hydroxylation sites is 1. The largest absolute Gasteiger partial charge is 0.506 e. The number of rotatable bonds is 1. The second-order valence-electron chi connectivity index (χ2n) is 4.56. The molecule has 6 nitrogen and oxygen atoms in total. The zero-order valence-corrected chi connectivity index (χ0v) is 10.4. The van der Waals surface area contributed by atoms with E-state index in [0.29, 0.717) is 24.2 Å². The van der Waals surface area contributed by atoms with Gasteiger partial charge in [-0.25, -0.2) is 4.79 Å². The zero-order valence-electron chi connectivity index (χ0n) is 10.4. The van der Waals surface area contributed by atoms with Crippen molar-refractivity contribution in [3.63, 3.8) is 0 Å². The quantitative estimate of drug-likeness (QED) is 0.628. The maximum absolute atomic E-state index is 11.9. The number of anilines is 1. The Bertz CT molecular complexity index is 764. The molecule has 0 aliphatic carbocycles. The average Bonchev–Trinajstić information content (AvgIpc) is 2.58. The summed E-state index contributed by atoms with van der Waals surface area (Å²) >= 11 is 0. The first kappa shape index (κ1) is 12.3. The van der Waals surface area contributed by atoms with Gasteiger partial charge in [0, 0.05) is 23.4 Å². The zero-order chi connectivity index (χ0) is 14.3. The van der Waals surface area contributed by atoms with E-state index in [9.17, 15) is 14.7 Å². The molecule has 0 saturated carbocycles. The van der Waals surface area contributed by atoms with E-state index in [-0.39, 0.29) is 0 Å². The topological polar surface area (TPSA) is 102 Å². The Morgan fingerprint density at radius 2 is 2.00 bits per heavy atom. The maximum atomic E-state index is 11.9. The summed E-state index contributed by atoms with van der Waals surface area (Å²) in [4.78, 5) is 25.5. The maximum Gasteiger partial charge on any atom is 0.345 e. The van der Waals surface area contributed by atoms with Crippen LogP contribution in [0.15, 0.2) is 29.1 Å². The van der Waals surface area contributed by atoms with Crippen LogP contribution in [0.3, 0.4) is 0 Å². The molecule has 4 N–H and O–H groups in total. The van der Waals surface area contributed by atoms with Gasteiger partial charge in [-0.3, -0.25) is 4.79 Å². The Morgan fingerprint density at radius 3 is 2.75 bits per heavy atom. The Hall–Kier alpha value is -2.76. The highest BCUT2D eigenvalue weighted by Crippen LogP contribution is 2.35. The van der Waals surface area contributed by atoms with Gasteiger partial charge in [0.25, 0.3) is 5.56 Å². The van der Waals surface area contributed by atoms with Crippen molar-refractivity contribution in [2.75, 3.05) is 11.9 Å². The van der Waals surface area contributed by atoms with E-state index in [0.717, 1.165) is 11.3 Å². The molecule has 3 rings (SSSR count). The molecule has 2 heterocycles. The molecular weight excluding hydrogens is 260 g/mol. The summed E-state index contributed by atoms with van der Waals surface area (Å²) in [6.07, 6.45) is 0.424. The summed E-state index contributed by atoms with van der Waals surface area (Å²) < 4.78 is 0. The van der Waals surface area contributed by atoms with Crippen LogP contribution in [0.4, 0.5) is 5.69 Å². The van der Waals surface area contributed by atoms with Crippen LogP contribution in [0.5, 0.6) is 5.75 Å². The summed E-state index contributed by atoms with van der Waals surface area (Å²) in [6, 6.07) is 7.35. The smallest absolute Gasteiger partial charge is 0.345 e. The van der Waals surface area contributed by atoms with E-state index in [2.05, 4.69) is 10.3 Å². The fraction of sp³-hybridized carbons (Fsp3) is 0.143. The normalized spacial score (nSPS) is 12.8. The molecule has 1 aliphatic heterocycles. The molecule has 0 atom stereocenters. The van der Waals surface area contributed by atoms with Crippen molar-refractivity contribution in [1.29, 1.82) is 0 Å². The minimum atomic E-state index is -1.43. The van der Waals surface area contributed by atoms with E-state index < -0.39 is 22.8 Å². The molecule has 2 aromatic rings. The van der Waals surface area contributed by atoms with Crippen molar-refractivity contribution < 1.29 is 15.0 Å². The lowest BCUT2D eigenvalue weighted by Crippen LogP contribution is -2.20. The van der Waals surface area contributed by atoms with Gasteiger partial charge in [0.15, 0.2) is 5.56 Å². The number of hydrogen-bond acceptors (Lipinski definition) is 4. The number of pyridine rings is 1. The van der Waals surface area contributed by atoms with Crippen molar-refractivity contribution in [2.24, 2.45) is 0 Å². The Balaban J connectivity index is 2.36. The van der Waals surface area contributed by atoms with E-state index in [1.165, 1.54) is 0 Å². The van der Waals surface area contributed by atoms with Gasteiger partial charge < -0.3 is 20.5 Å². The van der Waals surface area contributed by atoms with Crippen molar-refractivity contribution >= 4 is 11.7 Å². The Morgan fingerprint density at radius 1 is 1.25 bits per heavy atom. The molecule has 6 heteroatoms. The lowest BCUT2D eigenvalue weighted by Gasteiger charge is -2.11. The molecule has 102 valence electrons. The molecule has 1 aromatic heterocycles. The van der Waals surface area contributed by atoms with Crippen LogP contribution in [0.25, 0.3) is 11.3 Å². The molecule has 0 bridgehead atoms. The molecule has 1 aromatic carbocycles. The Labute approximate surface area is 113 Å². The minimum absolute atomic E-state index is 0.424. The Kier molecular flexibility index (Phi) is 2.71. The van der Waals surface area contributed by atoms with Crippen molar-refractivity contribution in [3.8, 4) is 17.0 Å². The summed E-state index contributed by atoms with van der Waals surface area (Å²) in [5.74, 6) is -1.88. The number of hydrogen-bond donors (Lipinski definition) is 4. The van der Waals surface area contributed by atoms with Gasteiger partial charge in [-0.2, -0.15) is 0 Å². The summed E-state index contributed by atoms with van der Waals surface area (Å²) in [7, 11) is 0. The van der Waals surface area contributed by atoms with Crippen LogP contribution >= 0.6 is 0 Å². The van der Waals surface area contributed by atoms with Gasteiger partial charge in [-0.1, -0.05) is 18.2 Å². The van der Waals surface area contributed by atoms with E-state index >= 15 is 0 Å². The molecular formula is C14H12N2O4. The monoisotopic (exact) mass is 272 g/mol. The molecule has 0 saturated heterocycles. The third-order valence-corrected chi connectivity index (χ3v) is 3.39. The SMILES string of the molecule is O=C(O)c1c(O)c2c([nH]c1=O)-c1ccccc1NCC2. The number of fused-ring (bicyclic) bond motifs is 3. The standard InChI is InChI=1S/C14H12N2O4/c17-12-8-5-6-15-9-4-2-1-3-7(9)11(8)16-13(18)10(12)14(19)20/h1-4,15H,5-6H2,(H,19,20)(H2,16,17,18). The van der Waals surface area contributed by atoms with Crippen molar-refractivity contribution in [2.45, 2.75) is 6.42 Å². The van der Waals surface area contributed by atoms with Gasteiger partial charge in [0.2, 0.25) is 0 Å². The molecule has 0 fully saturated rings. The van der Waals surface area contributed by atoms with E-state index in [4.69, 9.17) is 5.11 Å². The van der Waals surface area contributed by atoms with Crippen LogP contribution in [-0.4, -0.2) is 27.7 Å². The number of benzene rings is 1. The third-order valence-electron chi connectivity index (χ3n) is 3.39. The fourth-order valence-corrected chi connectivity index (χ4v) is 2.48. The van der Waals surface area contributed by atoms with E-state index in [1.54, 1.807) is 0 Å². The predicted molar refractivity (Wildman–Crippen MR) is 73.3 cm³/mol. The van der Waals surface area contributed by atoms with Crippen LogP contribution in [-0.2, 0) is 6.42 Å². The first-order chi connectivity index (χ1) is 9.59. The van der Waals surface area contributed by atoms with Gasteiger partial charge >= 0.3 is 5.97 Å². The van der Waals surface area contributed by atoms with Gasteiger partial charge in [-0.05, 0) is 12.5 Å². The molecule has 0 spiro atoms. The minimum Gasteiger partial charge on any atom is -0.506 e. The molecule has 0 unspecified atom stereocenters. The number of H-pyrrole nitrogens is 1. The number of aromatic nitrogens is 1. The summed E-state index contributed by atoms with van der Waals surface area (Å²) in [5, 5.41) is 22.3.